The van der Waals surface area contributed by atoms with E-state index >= 15 is 0 Å². The maximum atomic E-state index is 10.7. The Balaban J connectivity index is 1.54. The second-order valence-corrected chi connectivity index (χ2v) is 8.08. The quantitative estimate of drug-likeness (QED) is 0.221. The third kappa shape index (κ3) is 4.92. The molecule has 0 saturated carbocycles. The third-order valence-electron chi connectivity index (χ3n) is 5.72. The van der Waals surface area contributed by atoms with Crippen LogP contribution >= 0.6 is 0 Å². The second kappa shape index (κ2) is 9.98. The highest BCUT2D eigenvalue weighted by Gasteiger charge is 2.12. The van der Waals surface area contributed by atoms with E-state index in [1.807, 2.05) is 115 Å². The highest BCUT2D eigenvalue weighted by molar-refractivity contribution is 6.13. The summed E-state index contributed by atoms with van der Waals surface area (Å²) in [6.45, 7) is 0. The number of nitrogens with one attached hydrogen (secondary N) is 1. The van der Waals surface area contributed by atoms with Crippen LogP contribution in [0.4, 0.5) is 0 Å². The first kappa shape index (κ1) is 22.0. The molecule has 0 aliphatic heterocycles. The summed E-state index contributed by atoms with van der Waals surface area (Å²) in [4.78, 5) is 9.20. The molecule has 0 fully saturated rings. The van der Waals surface area contributed by atoms with Crippen LogP contribution in [0.25, 0.3) is 21.9 Å². The van der Waals surface area contributed by atoms with Crippen LogP contribution in [0.1, 0.15) is 16.7 Å². The topological polar surface area (TPSA) is 68.8 Å². The molecule has 2 N–H and O–H groups in total. The normalized spacial score (nSPS) is 11.7. The van der Waals surface area contributed by atoms with Gasteiger partial charge in [0.05, 0.1) is 0 Å². The largest absolute Gasteiger partial charge is 0.507 e. The minimum atomic E-state index is 0.0932. The molecule has 4 nitrogen and oxygen atoms in total. The average Bonchev–Trinajstić information content (AvgIpc) is 2.92. The Labute approximate surface area is 204 Å². The molecule has 0 spiro atoms. The van der Waals surface area contributed by atoms with Gasteiger partial charge in [-0.1, -0.05) is 109 Å². The number of amidine groups is 2. The third-order valence-corrected chi connectivity index (χ3v) is 5.72. The van der Waals surface area contributed by atoms with E-state index < -0.39 is 0 Å². The molecule has 5 rings (SSSR count). The molecule has 35 heavy (non-hydrogen) atoms. The van der Waals surface area contributed by atoms with Crippen molar-refractivity contribution >= 4 is 28.7 Å². The number of hydrogen-bond acceptors (Lipinski definition) is 2. The SMILES string of the molecule is N=C(N=C(N=Cc1ccccc1)c1ccccc1)c1cccc(-c2c(O)ccc3ccccc23)c1. The summed E-state index contributed by atoms with van der Waals surface area (Å²) >= 11 is 0. The van der Waals surface area contributed by atoms with E-state index in [2.05, 4.69) is 9.98 Å². The van der Waals surface area contributed by atoms with Gasteiger partial charge in [0.1, 0.15) is 5.75 Å². The average molecular weight is 454 g/mol. The van der Waals surface area contributed by atoms with E-state index in [4.69, 9.17) is 5.41 Å². The van der Waals surface area contributed by atoms with E-state index in [1.54, 1.807) is 12.3 Å². The van der Waals surface area contributed by atoms with Crippen LogP contribution in [0.5, 0.6) is 5.75 Å². The van der Waals surface area contributed by atoms with Gasteiger partial charge in [-0.05, 0) is 34.0 Å². The van der Waals surface area contributed by atoms with Crippen LogP contribution in [0, 0.1) is 5.41 Å². The Morgan fingerprint density at radius 3 is 2.17 bits per heavy atom. The van der Waals surface area contributed by atoms with Crippen molar-refractivity contribution in [1.29, 1.82) is 5.41 Å². The molecule has 0 bridgehead atoms. The molecule has 0 aromatic heterocycles. The molecule has 0 aliphatic carbocycles. The Kier molecular flexibility index (Phi) is 6.27. The van der Waals surface area contributed by atoms with Gasteiger partial charge in [-0.15, -0.1) is 0 Å². The molecule has 0 amide bonds. The number of hydrogen-bond donors (Lipinski definition) is 2. The van der Waals surface area contributed by atoms with Gasteiger partial charge in [0.25, 0.3) is 0 Å². The predicted octanol–water partition coefficient (Wildman–Crippen LogP) is 7.10. The molecule has 0 saturated heterocycles. The maximum Gasteiger partial charge on any atom is 0.161 e. The van der Waals surface area contributed by atoms with Crippen molar-refractivity contribution in [3.8, 4) is 16.9 Å². The Morgan fingerprint density at radius 2 is 1.37 bits per heavy atom. The summed E-state index contributed by atoms with van der Waals surface area (Å²) in [5.74, 6) is 0.752. The van der Waals surface area contributed by atoms with Crippen molar-refractivity contribution in [2.45, 2.75) is 0 Å². The number of fused-ring (bicyclic) bond motifs is 1. The first-order valence-corrected chi connectivity index (χ1v) is 11.3. The lowest BCUT2D eigenvalue weighted by Gasteiger charge is -2.11. The van der Waals surface area contributed by atoms with Crippen molar-refractivity contribution in [1.82, 2.24) is 0 Å². The van der Waals surface area contributed by atoms with Gasteiger partial charge in [0, 0.05) is 22.9 Å². The lowest BCUT2D eigenvalue weighted by molar-refractivity contribution is 0.478. The summed E-state index contributed by atoms with van der Waals surface area (Å²) in [6.07, 6.45) is 1.75. The Hall–Kier alpha value is -4.83. The summed E-state index contributed by atoms with van der Waals surface area (Å²) in [7, 11) is 0. The van der Waals surface area contributed by atoms with Gasteiger partial charge in [0.2, 0.25) is 0 Å². The zero-order chi connectivity index (χ0) is 24.0. The zero-order valence-electron chi connectivity index (χ0n) is 19.0. The van der Waals surface area contributed by atoms with Crippen LogP contribution < -0.4 is 0 Å². The first-order valence-electron chi connectivity index (χ1n) is 11.3. The number of phenols is 1. The summed E-state index contributed by atoms with van der Waals surface area (Å²) in [5.41, 5.74) is 3.99. The van der Waals surface area contributed by atoms with Gasteiger partial charge in [-0.3, -0.25) is 5.41 Å². The number of aliphatic imine (C=N–C) groups is 2. The molecule has 168 valence electrons. The van der Waals surface area contributed by atoms with Crippen LogP contribution in [-0.2, 0) is 0 Å². The summed E-state index contributed by atoms with van der Waals surface area (Å²) in [6, 6.07) is 38.6. The van der Waals surface area contributed by atoms with Crippen LogP contribution in [0.15, 0.2) is 131 Å². The molecule has 4 heteroatoms. The van der Waals surface area contributed by atoms with Crippen LogP contribution in [0.3, 0.4) is 0 Å². The van der Waals surface area contributed by atoms with Crippen molar-refractivity contribution in [2.75, 3.05) is 0 Å². The summed E-state index contributed by atoms with van der Waals surface area (Å²) < 4.78 is 0. The van der Waals surface area contributed by atoms with E-state index in [0.717, 1.165) is 33.0 Å². The molecule has 0 atom stereocenters. The van der Waals surface area contributed by atoms with Gasteiger partial charge < -0.3 is 5.11 Å². The second-order valence-electron chi connectivity index (χ2n) is 8.08. The summed E-state index contributed by atoms with van der Waals surface area (Å²) in [5, 5.41) is 21.4. The standard InChI is InChI=1S/C31H23N3O/c32-30(34-31(24-13-5-2-6-14-24)33-21-22-10-3-1-4-11-22)26-16-9-15-25(20-26)29-27-17-8-7-12-23(27)18-19-28(29)35/h1-21,32,35H. The van der Waals surface area contributed by atoms with Gasteiger partial charge in [-0.25, -0.2) is 9.98 Å². The monoisotopic (exact) mass is 453 g/mol. The number of benzene rings is 5. The maximum absolute atomic E-state index is 10.7. The molecule has 5 aromatic carbocycles. The Morgan fingerprint density at radius 1 is 0.686 bits per heavy atom. The lowest BCUT2D eigenvalue weighted by atomic mass is 9.96. The molecular weight excluding hydrogens is 430 g/mol. The van der Waals surface area contributed by atoms with Crippen LogP contribution in [0.2, 0.25) is 0 Å². The fraction of sp³-hybridized carbons (Fsp3) is 0. The van der Waals surface area contributed by atoms with E-state index in [0.29, 0.717) is 11.4 Å². The Bertz CT molecular complexity index is 1550. The lowest BCUT2D eigenvalue weighted by Crippen LogP contribution is -2.04. The predicted molar refractivity (Wildman–Crippen MR) is 145 cm³/mol. The first-order chi connectivity index (χ1) is 17.2. The number of aromatic hydroxyl groups is 1. The van der Waals surface area contributed by atoms with Crippen molar-refractivity contribution in [2.24, 2.45) is 9.98 Å². The highest BCUT2D eigenvalue weighted by Crippen LogP contribution is 2.36. The molecule has 0 unspecified atom stereocenters. The minimum Gasteiger partial charge on any atom is -0.507 e. The van der Waals surface area contributed by atoms with Crippen molar-refractivity contribution in [3.05, 3.63) is 138 Å². The molecule has 0 heterocycles. The molecular formula is C31H23N3O. The van der Waals surface area contributed by atoms with Gasteiger partial charge in [0.15, 0.2) is 11.7 Å². The van der Waals surface area contributed by atoms with E-state index in [9.17, 15) is 5.11 Å². The molecule has 0 aliphatic rings. The van der Waals surface area contributed by atoms with Crippen molar-refractivity contribution < 1.29 is 5.11 Å². The number of rotatable bonds is 4. The minimum absolute atomic E-state index is 0.0932. The zero-order valence-corrected chi connectivity index (χ0v) is 19.0. The van der Waals surface area contributed by atoms with Crippen molar-refractivity contribution in [3.63, 3.8) is 0 Å². The van der Waals surface area contributed by atoms with Gasteiger partial charge >= 0.3 is 0 Å². The molecule has 5 aromatic rings. The number of phenolic OH excluding ortho intramolecular Hbond substituents is 1. The fourth-order valence-corrected chi connectivity index (χ4v) is 3.99. The van der Waals surface area contributed by atoms with E-state index in [-0.39, 0.29) is 11.6 Å². The fourth-order valence-electron chi connectivity index (χ4n) is 3.99. The van der Waals surface area contributed by atoms with E-state index in [1.165, 1.54) is 0 Å². The molecule has 0 radical (unpaired) electrons. The van der Waals surface area contributed by atoms with Crippen LogP contribution in [-0.4, -0.2) is 23.0 Å². The van der Waals surface area contributed by atoms with Gasteiger partial charge in [-0.2, -0.15) is 0 Å². The highest BCUT2D eigenvalue weighted by atomic mass is 16.3. The smallest absolute Gasteiger partial charge is 0.161 e. The number of nitrogens with zero attached hydrogens (tertiary/aromatic N) is 2.